The van der Waals surface area contributed by atoms with Crippen LogP contribution in [0.15, 0.2) is 24.3 Å². The Morgan fingerprint density at radius 1 is 1.33 bits per heavy atom. The minimum atomic E-state index is -4.32. The molecule has 1 N–H and O–H groups in total. The summed E-state index contributed by atoms with van der Waals surface area (Å²) in [6.07, 6.45) is -2.22. The third kappa shape index (κ3) is 4.20. The van der Waals surface area contributed by atoms with Gasteiger partial charge < -0.3 is 10.2 Å². The highest BCUT2D eigenvalue weighted by Gasteiger charge is 2.30. The number of nitrogens with one attached hydrogen (secondary N) is 1. The molecule has 1 saturated carbocycles. The molecule has 0 radical (unpaired) electrons. The number of alkyl halides is 3. The van der Waals surface area contributed by atoms with E-state index >= 15 is 0 Å². The molecule has 1 fully saturated rings. The Bertz CT molecular complexity index is 495. The van der Waals surface area contributed by atoms with Crippen LogP contribution in [0.5, 0.6) is 0 Å². The Morgan fingerprint density at radius 3 is 2.38 bits per heavy atom. The van der Waals surface area contributed by atoms with E-state index in [9.17, 15) is 18.0 Å². The Balaban J connectivity index is 1.88. The first-order chi connectivity index (χ1) is 9.79. The molecule has 0 aliphatic heterocycles. The standard InChI is InChI=1S/C15H19F3N2O/c1-10(19-9-14(21)20(2)13-7-8-13)11-3-5-12(6-4-11)15(16,17)18/h3-6,10,13,19H,7-9H2,1-2H3. The minimum Gasteiger partial charge on any atom is -0.342 e. The number of likely N-dealkylation sites (N-methyl/N-ethyl adjacent to an activating group) is 1. The van der Waals surface area contributed by atoms with E-state index in [1.54, 1.807) is 11.9 Å². The van der Waals surface area contributed by atoms with Gasteiger partial charge in [0.25, 0.3) is 0 Å². The van der Waals surface area contributed by atoms with Crippen LogP contribution < -0.4 is 5.32 Å². The fourth-order valence-electron chi connectivity index (χ4n) is 2.11. The normalized spacial score (nSPS) is 16.6. The lowest BCUT2D eigenvalue weighted by Crippen LogP contribution is -2.37. The second-order valence-electron chi connectivity index (χ2n) is 5.46. The first-order valence-corrected chi connectivity index (χ1v) is 6.95. The lowest BCUT2D eigenvalue weighted by Gasteiger charge is -2.19. The molecule has 1 amide bonds. The highest BCUT2D eigenvalue weighted by Crippen LogP contribution is 2.30. The van der Waals surface area contributed by atoms with Crippen molar-refractivity contribution in [2.75, 3.05) is 13.6 Å². The molecule has 1 aliphatic carbocycles. The van der Waals surface area contributed by atoms with E-state index in [1.807, 2.05) is 6.92 Å². The van der Waals surface area contributed by atoms with Crippen LogP contribution in [0.25, 0.3) is 0 Å². The molecule has 0 saturated heterocycles. The van der Waals surface area contributed by atoms with Gasteiger partial charge in [0, 0.05) is 19.1 Å². The predicted octanol–water partition coefficient (Wildman–Crippen LogP) is 2.98. The maximum atomic E-state index is 12.5. The van der Waals surface area contributed by atoms with Crippen LogP contribution in [0.3, 0.4) is 0 Å². The van der Waals surface area contributed by atoms with Crippen LogP contribution in [0.2, 0.25) is 0 Å². The molecule has 0 bridgehead atoms. The van der Waals surface area contributed by atoms with Crippen molar-refractivity contribution in [1.29, 1.82) is 0 Å². The van der Waals surface area contributed by atoms with Gasteiger partial charge in [0.1, 0.15) is 0 Å². The summed E-state index contributed by atoms with van der Waals surface area (Å²) in [5.74, 6) is 0.0104. The number of amides is 1. The van der Waals surface area contributed by atoms with Crippen molar-refractivity contribution >= 4 is 5.91 Å². The van der Waals surface area contributed by atoms with Crippen molar-refractivity contribution in [2.45, 2.75) is 38.0 Å². The molecule has 3 nitrogen and oxygen atoms in total. The van der Waals surface area contributed by atoms with Gasteiger partial charge in [-0.15, -0.1) is 0 Å². The smallest absolute Gasteiger partial charge is 0.342 e. The van der Waals surface area contributed by atoms with E-state index < -0.39 is 11.7 Å². The van der Waals surface area contributed by atoms with Crippen LogP contribution in [-0.2, 0) is 11.0 Å². The van der Waals surface area contributed by atoms with Crippen LogP contribution in [0.4, 0.5) is 13.2 Å². The monoisotopic (exact) mass is 300 g/mol. The van der Waals surface area contributed by atoms with Gasteiger partial charge in [0.15, 0.2) is 0 Å². The van der Waals surface area contributed by atoms with Crippen LogP contribution in [0.1, 0.15) is 36.9 Å². The van der Waals surface area contributed by atoms with Crippen molar-refractivity contribution in [3.63, 3.8) is 0 Å². The lowest BCUT2D eigenvalue weighted by atomic mass is 10.1. The van der Waals surface area contributed by atoms with Crippen molar-refractivity contribution in [1.82, 2.24) is 10.2 Å². The van der Waals surface area contributed by atoms with E-state index in [4.69, 9.17) is 0 Å². The Kier molecular flexibility index (Phi) is 4.56. The maximum Gasteiger partial charge on any atom is 0.416 e. The summed E-state index contributed by atoms with van der Waals surface area (Å²) in [7, 11) is 1.78. The van der Waals surface area contributed by atoms with Crippen LogP contribution in [0, 0.1) is 0 Å². The summed E-state index contributed by atoms with van der Waals surface area (Å²) < 4.78 is 37.4. The first-order valence-electron chi connectivity index (χ1n) is 6.95. The van der Waals surface area contributed by atoms with E-state index in [0.29, 0.717) is 6.04 Å². The number of carbonyl (C=O) groups excluding carboxylic acids is 1. The fraction of sp³-hybridized carbons (Fsp3) is 0.533. The Hall–Kier alpha value is -1.56. The average molecular weight is 300 g/mol. The van der Waals surface area contributed by atoms with Crippen molar-refractivity contribution in [3.05, 3.63) is 35.4 Å². The summed E-state index contributed by atoms with van der Waals surface area (Å²) in [5.41, 5.74) is 0.0628. The number of hydrogen-bond donors (Lipinski definition) is 1. The molecule has 0 spiro atoms. The molecular weight excluding hydrogens is 281 g/mol. The molecule has 1 atom stereocenters. The van der Waals surface area contributed by atoms with Gasteiger partial charge in [0.05, 0.1) is 12.1 Å². The van der Waals surface area contributed by atoms with Gasteiger partial charge in [-0.25, -0.2) is 0 Å². The summed E-state index contributed by atoms with van der Waals surface area (Å²) >= 11 is 0. The molecule has 1 aromatic carbocycles. The van der Waals surface area contributed by atoms with Crippen LogP contribution in [-0.4, -0.2) is 30.4 Å². The summed E-state index contributed by atoms with van der Waals surface area (Å²) in [6, 6.07) is 5.19. The van der Waals surface area contributed by atoms with E-state index in [2.05, 4.69) is 5.32 Å². The molecule has 6 heteroatoms. The zero-order chi connectivity index (χ0) is 15.6. The number of carbonyl (C=O) groups is 1. The highest BCUT2D eigenvalue weighted by molar-refractivity contribution is 5.78. The van der Waals surface area contributed by atoms with E-state index in [0.717, 1.165) is 30.5 Å². The summed E-state index contributed by atoms with van der Waals surface area (Å²) in [4.78, 5) is 13.6. The quantitative estimate of drug-likeness (QED) is 0.906. The molecule has 116 valence electrons. The largest absolute Gasteiger partial charge is 0.416 e. The second-order valence-corrected chi connectivity index (χ2v) is 5.46. The Labute approximate surface area is 122 Å². The molecule has 2 rings (SSSR count). The number of hydrogen-bond acceptors (Lipinski definition) is 2. The summed E-state index contributed by atoms with van der Waals surface area (Å²) in [6.45, 7) is 2.02. The van der Waals surface area contributed by atoms with E-state index in [-0.39, 0.29) is 18.5 Å². The number of benzene rings is 1. The minimum absolute atomic E-state index is 0.0104. The third-order valence-corrected chi connectivity index (χ3v) is 3.79. The lowest BCUT2D eigenvalue weighted by molar-refractivity contribution is -0.137. The maximum absolute atomic E-state index is 12.5. The van der Waals surface area contributed by atoms with Gasteiger partial charge in [-0.05, 0) is 37.5 Å². The highest BCUT2D eigenvalue weighted by atomic mass is 19.4. The van der Waals surface area contributed by atoms with Gasteiger partial charge in [0.2, 0.25) is 5.91 Å². The fourth-order valence-corrected chi connectivity index (χ4v) is 2.11. The predicted molar refractivity (Wildman–Crippen MR) is 73.7 cm³/mol. The average Bonchev–Trinajstić information content (AvgIpc) is 3.27. The van der Waals surface area contributed by atoms with Crippen LogP contribution >= 0.6 is 0 Å². The number of rotatable bonds is 5. The molecule has 1 aliphatic rings. The zero-order valence-corrected chi connectivity index (χ0v) is 12.1. The third-order valence-electron chi connectivity index (χ3n) is 3.79. The van der Waals surface area contributed by atoms with Crippen molar-refractivity contribution in [2.24, 2.45) is 0 Å². The topological polar surface area (TPSA) is 32.3 Å². The van der Waals surface area contributed by atoms with Gasteiger partial charge in [-0.3, -0.25) is 4.79 Å². The van der Waals surface area contributed by atoms with Crippen molar-refractivity contribution < 1.29 is 18.0 Å². The molecule has 21 heavy (non-hydrogen) atoms. The van der Waals surface area contributed by atoms with Gasteiger partial charge >= 0.3 is 6.18 Å². The zero-order valence-electron chi connectivity index (χ0n) is 12.1. The van der Waals surface area contributed by atoms with E-state index in [1.165, 1.54) is 12.1 Å². The number of nitrogens with zero attached hydrogens (tertiary/aromatic N) is 1. The molecule has 0 aromatic heterocycles. The summed E-state index contributed by atoms with van der Waals surface area (Å²) in [5, 5.41) is 3.05. The first kappa shape index (κ1) is 15.8. The number of halogens is 3. The molecule has 1 aromatic rings. The SMILES string of the molecule is CC(NCC(=O)N(C)C1CC1)c1ccc(C(F)(F)F)cc1. The van der Waals surface area contributed by atoms with Gasteiger partial charge in [-0.2, -0.15) is 13.2 Å². The van der Waals surface area contributed by atoms with Crippen molar-refractivity contribution in [3.8, 4) is 0 Å². The Morgan fingerprint density at radius 2 is 1.90 bits per heavy atom. The molecule has 1 unspecified atom stereocenters. The second kappa shape index (κ2) is 6.05. The van der Waals surface area contributed by atoms with Gasteiger partial charge in [-0.1, -0.05) is 12.1 Å². The molecular formula is C15H19F3N2O. The molecule has 0 heterocycles.